The van der Waals surface area contributed by atoms with E-state index in [9.17, 15) is 14.0 Å². The first-order chi connectivity index (χ1) is 7.81. The third-order valence-corrected chi connectivity index (χ3v) is 2.68. The molecule has 6 heteroatoms. The molecule has 0 N–H and O–H groups in total. The first-order valence-electron chi connectivity index (χ1n) is 5.47. The van der Waals surface area contributed by atoms with Crippen LogP contribution in [0.3, 0.4) is 0 Å². The van der Waals surface area contributed by atoms with Gasteiger partial charge >= 0.3 is 11.9 Å². The van der Waals surface area contributed by atoms with Crippen LogP contribution in [0.1, 0.15) is 34.1 Å². The zero-order chi connectivity index (χ0) is 13.2. The molecular weight excluding hydrogens is 231 g/mol. The Morgan fingerprint density at radius 2 is 1.94 bits per heavy atom. The molecule has 1 saturated heterocycles. The summed E-state index contributed by atoms with van der Waals surface area (Å²) in [6.07, 6.45) is -3.08. The van der Waals surface area contributed by atoms with Gasteiger partial charge in [-0.25, -0.2) is 4.39 Å². The zero-order valence-electron chi connectivity index (χ0n) is 10.4. The van der Waals surface area contributed by atoms with Gasteiger partial charge in [0.25, 0.3) is 0 Å². The average Bonchev–Trinajstić information content (AvgIpc) is 2.41. The molecule has 0 aromatic rings. The van der Waals surface area contributed by atoms with Gasteiger partial charge in [0.05, 0.1) is 6.10 Å². The van der Waals surface area contributed by atoms with Crippen molar-refractivity contribution in [2.75, 3.05) is 0 Å². The molecule has 5 nitrogen and oxygen atoms in total. The van der Waals surface area contributed by atoms with E-state index in [2.05, 4.69) is 0 Å². The van der Waals surface area contributed by atoms with Gasteiger partial charge in [0.2, 0.25) is 11.9 Å². The van der Waals surface area contributed by atoms with Crippen LogP contribution in [0.5, 0.6) is 0 Å². The minimum Gasteiger partial charge on any atom is -0.450 e. The number of halogens is 1. The van der Waals surface area contributed by atoms with Crippen LogP contribution >= 0.6 is 0 Å². The van der Waals surface area contributed by atoms with Crippen LogP contribution in [-0.2, 0) is 23.8 Å². The Morgan fingerprint density at radius 3 is 2.35 bits per heavy atom. The maximum absolute atomic E-state index is 14.1. The van der Waals surface area contributed by atoms with Gasteiger partial charge in [-0.2, -0.15) is 0 Å². The normalized spacial score (nSPS) is 36.6. The van der Waals surface area contributed by atoms with Gasteiger partial charge in [0.1, 0.15) is 0 Å². The van der Waals surface area contributed by atoms with Crippen molar-refractivity contribution >= 4 is 11.9 Å². The fourth-order valence-electron chi connectivity index (χ4n) is 1.87. The number of carbonyl (C=O) groups is 2. The summed E-state index contributed by atoms with van der Waals surface area (Å²) in [6.45, 7) is 5.45. The van der Waals surface area contributed by atoms with Gasteiger partial charge in [-0.3, -0.25) is 9.59 Å². The quantitative estimate of drug-likeness (QED) is 0.705. The number of carbonyl (C=O) groups excluding carboxylic acids is 2. The van der Waals surface area contributed by atoms with Crippen molar-refractivity contribution in [1.82, 2.24) is 0 Å². The lowest BCUT2D eigenvalue weighted by Crippen LogP contribution is -2.48. The maximum Gasteiger partial charge on any atom is 0.305 e. The average molecular weight is 248 g/mol. The van der Waals surface area contributed by atoms with Crippen LogP contribution in [0.2, 0.25) is 0 Å². The first-order valence-corrected chi connectivity index (χ1v) is 5.47. The lowest BCUT2D eigenvalue weighted by Gasteiger charge is -2.29. The van der Waals surface area contributed by atoms with Crippen LogP contribution in [0.4, 0.5) is 4.39 Å². The highest BCUT2D eigenvalue weighted by atomic mass is 19.1. The summed E-state index contributed by atoms with van der Waals surface area (Å²) in [4.78, 5) is 21.9. The minimum atomic E-state index is -1.59. The molecule has 4 atom stereocenters. The Balaban J connectivity index is 2.93. The summed E-state index contributed by atoms with van der Waals surface area (Å²) in [5.74, 6) is -1.26. The largest absolute Gasteiger partial charge is 0.450 e. The standard InChI is InChI=1S/C11H17FO5/c1-5-8-9(12)11(4,17-7(3)14)10(16-8)15-6(2)13/h8-10H,5H2,1-4H3/t8-,9+,10?,11?/m1/s1. The zero-order valence-corrected chi connectivity index (χ0v) is 10.4. The van der Waals surface area contributed by atoms with Crippen LogP contribution in [0.25, 0.3) is 0 Å². The number of hydrogen-bond donors (Lipinski definition) is 0. The van der Waals surface area contributed by atoms with Crippen molar-refractivity contribution in [2.45, 2.75) is 58.3 Å². The molecule has 0 saturated carbocycles. The van der Waals surface area contributed by atoms with E-state index in [1.54, 1.807) is 6.92 Å². The molecular formula is C11H17FO5. The van der Waals surface area contributed by atoms with Crippen molar-refractivity contribution in [3.05, 3.63) is 0 Å². The predicted octanol–water partition coefficient (Wildman–Crippen LogP) is 1.34. The van der Waals surface area contributed by atoms with Crippen LogP contribution < -0.4 is 0 Å². The van der Waals surface area contributed by atoms with Gasteiger partial charge in [0.15, 0.2) is 6.17 Å². The molecule has 1 rings (SSSR count). The van der Waals surface area contributed by atoms with E-state index >= 15 is 0 Å². The third-order valence-electron chi connectivity index (χ3n) is 2.68. The number of esters is 2. The molecule has 0 radical (unpaired) electrons. The molecule has 0 bridgehead atoms. The highest BCUT2D eigenvalue weighted by Crippen LogP contribution is 2.38. The molecule has 0 aromatic carbocycles. The topological polar surface area (TPSA) is 61.8 Å². The molecule has 98 valence electrons. The van der Waals surface area contributed by atoms with Crippen molar-refractivity contribution in [3.63, 3.8) is 0 Å². The van der Waals surface area contributed by atoms with Gasteiger partial charge in [-0.1, -0.05) is 6.92 Å². The van der Waals surface area contributed by atoms with E-state index in [1.165, 1.54) is 20.8 Å². The second-order valence-corrected chi connectivity index (χ2v) is 4.20. The molecule has 1 aliphatic rings. The van der Waals surface area contributed by atoms with Crippen molar-refractivity contribution < 1.29 is 28.2 Å². The molecule has 17 heavy (non-hydrogen) atoms. The summed E-state index contributed by atoms with van der Waals surface area (Å²) < 4.78 is 29.2. The molecule has 1 fully saturated rings. The fourth-order valence-corrected chi connectivity index (χ4v) is 1.87. The Morgan fingerprint density at radius 1 is 1.35 bits per heavy atom. The van der Waals surface area contributed by atoms with Gasteiger partial charge in [0, 0.05) is 13.8 Å². The smallest absolute Gasteiger partial charge is 0.305 e. The highest BCUT2D eigenvalue weighted by molar-refractivity contribution is 5.67. The first kappa shape index (κ1) is 13.9. The van der Waals surface area contributed by atoms with E-state index in [-0.39, 0.29) is 0 Å². The number of alkyl halides is 1. The van der Waals surface area contributed by atoms with E-state index in [0.717, 1.165) is 0 Å². The van der Waals surface area contributed by atoms with E-state index in [0.29, 0.717) is 6.42 Å². The Kier molecular flexibility index (Phi) is 4.08. The molecule has 1 heterocycles. The van der Waals surface area contributed by atoms with Crippen molar-refractivity contribution in [3.8, 4) is 0 Å². The lowest BCUT2D eigenvalue weighted by atomic mass is 9.97. The van der Waals surface area contributed by atoms with Crippen LogP contribution in [-0.4, -0.2) is 36.1 Å². The summed E-state index contributed by atoms with van der Waals surface area (Å²) in [7, 11) is 0. The van der Waals surface area contributed by atoms with Crippen molar-refractivity contribution in [2.24, 2.45) is 0 Å². The predicted molar refractivity (Wildman–Crippen MR) is 55.8 cm³/mol. The Labute approximate surface area is 99.2 Å². The third kappa shape index (κ3) is 2.74. The molecule has 1 aliphatic heterocycles. The molecule has 0 aliphatic carbocycles. The summed E-state index contributed by atoms with van der Waals surface area (Å²) >= 11 is 0. The summed E-state index contributed by atoms with van der Waals surface area (Å²) in [5.41, 5.74) is -1.59. The summed E-state index contributed by atoms with van der Waals surface area (Å²) in [6, 6.07) is 0. The van der Waals surface area contributed by atoms with E-state index in [1.807, 2.05) is 0 Å². The van der Waals surface area contributed by atoms with Crippen LogP contribution in [0, 0.1) is 0 Å². The SMILES string of the molecule is CC[C@H]1OC(OC(C)=O)C(C)(OC(C)=O)[C@H]1F. The van der Waals surface area contributed by atoms with Crippen molar-refractivity contribution in [1.29, 1.82) is 0 Å². The number of rotatable bonds is 3. The highest BCUT2D eigenvalue weighted by Gasteiger charge is 2.58. The molecule has 0 amide bonds. The minimum absolute atomic E-state index is 0.399. The summed E-state index contributed by atoms with van der Waals surface area (Å²) in [5, 5.41) is 0. The fraction of sp³-hybridized carbons (Fsp3) is 0.818. The molecule has 0 aromatic heterocycles. The van der Waals surface area contributed by atoms with Crippen LogP contribution in [0.15, 0.2) is 0 Å². The Bertz CT molecular complexity index is 319. The van der Waals surface area contributed by atoms with Gasteiger partial charge in [-0.05, 0) is 13.3 Å². The van der Waals surface area contributed by atoms with Gasteiger partial charge < -0.3 is 14.2 Å². The second-order valence-electron chi connectivity index (χ2n) is 4.20. The van der Waals surface area contributed by atoms with E-state index < -0.39 is 36.1 Å². The number of hydrogen-bond acceptors (Lipinski definition) is 5. The second kappa shape index (κ2) is 5.00. The molecule has 0 spiro atoms. The number of ether oxygens (including phenoxy) is 3. The monoisotopic (exact) mass is 248 g/mol. The lowest BCUT2D eigenvalue weighted by molar-refractivity contribution is -0.215. The Hall–Kier alpha value is -1.17. The van der Waals surface area contributed by atoms with E-state index in [4.69, 9.17) is 14.2 Å². The molecule has 2 unspecified atom stereocenters. The van der Waals surface area contributed by atoms with Gasteiger partial charge in [-0.15, -0.1) is 0 Å². The maximum atomic E-state index is 14.1.